The Hall–Kier alpha value is -2.43. The van der Waals surface area contributed by atoms with Gasteiger partial charge in [-0.25, -0.2) is 0 Å². The first kappa shape index (κ1) is 14.0. The van der Waals surface area contributed by atoms with Crippen LogP contribution in [-0.2, 0) is 11.3 Å². The maximum Gasteiger partial charge on any atom is 0.225 e. The molecule has 2 rings (SSSR count). The molecule has 0 radical (unpaired) electrons. The number of aromatic nitrogens is 2. The minimum Gasteiger partial charge on any atom is -0.364 e. The molecule has 2 N–H and O–H groups in total. The second kappa shape index (κ2) is 6.65. The van der Waals surface area contributed by atoms with Crippen LogP contribution >= 0.6 is 0 Å². The lowest BCUT2D eigenvalue weighted by Crippen LogP contribution is -2.11. The van der Waals surface area contributed by atoms with Gasteiger partial charge in [0, 0.05) is 13.0 Å². The number of nitrogens with zero attached hydrogens (tertiary/aromatic N) is 2. The molecule has 0 atom stereocenters. The Morgan fingerprint density at radius 3 is 2.45 bits per heavy atom. The SMILES string of the molecule is CCC(=O)Nc1ccc(NCc2ccccc2C)nn1. The van der Waals surface area contributed by atoms with Crippen LogP contribution in [0.2, 0.25) is 0 Å². The topological polar surface area (TPSA) is 66.9 Å². The zero-order valence-electron chi connectivity index (χ0n) is 11.7. The normalized spacial score (nSPS) is 10.1. The molecular formula is C15H18N4O. The minimum atomic E-state index is -0.0695. The number of nitrogens with one attached hydrogen (secondary N) is 2. The van der Waals surface area contributed by atoms with Crippen LogP contribution in [0.25, 0.3) is 0 Å². The van der Waals surface area contributed by atoms with Crippen molar-refractivity contribution >= 4 is 17.5 Å². The van der Waals surface area contributed by atoms with Crippen LogP contribution in [0.1, 0.15) is 24.5 Å². The molecule has 0 aliphatic carbocycles. The number of hydrogen-bond donors (Lipinski definition) is 2. The van der Waals surface area contributed by atoms with Gasteiger partial charge in [-0.15, -0.1) is 10.2 Å². The van der Waals surface area contributed by atoms with E-state index < -0.39 is 0 Å². The molecule has 104 valence electrons. The average molecular weight is 270 g/mol. The summed E-state index contributed by atoms with van der Waals surface area (Å²) in [5.41, 5.74) is 2.46. The molecule has 0 aliphatic heterocycles. The number of anilines is 2. The molecule has 0 unspecified atom stereocenters. The summed E-state index contributed by atoms with van der Waals surface area (Å²) >= 11 is 0. The van der Waals surface area contributed by atoms with Crippen molar-refractivity contribution in [2.75, 3.05) is 10.6 Å². The smallest absolute Gasteiger partial charge is 0.225 e. The second-order valence-corrected chi connectivity index (χ2v) is 4.49. The molecule has 5 nitrogen and oxygen atoms in total. The number of carbonyl (C=O) groups is 1. The van der Waals surface area contributed by atoms with Gasteiger partial charge < -0.3 is 10.6 Å². The van der Waals surface area contributed by atoms with Gasteiger partial charge in [0.2, 0.25) is 5.91 Å². The fourth-order valence-electron chi connectivity index (χ4n) is 1.72. The minimum absolute atomic E-state index is 0.0695. The summed E-state index contributed by atoms with van der Waals surface area (Å²) in [5, 5.41) is 13.9. The van der Waals surface area contributed by atoms with E-state index in [-0.39, 0.29) is 5.91 Å². The highest BCUT2D eigenvalue weighted by Gasteiger charge is 2.02. The van der Waals surface area contributed by atoms with Crippen LogP contribution in [0, 0.1) is 6.92 Å². The van der Waals surface area contributed by atoms with Gasteiger partial charge in [0.15, 0.2) is 5.82 Å². The predicted molar refractivity (Wildman–Crippen MR) is 79.5 cm³/mol. The Morgan fingerprint density at radius 2 is 1.80 bits per heavy atom. The molecule has 0 bridgehead atoms. The third kappa shape index (κ3) is 3.78. The van der Waals surface area contributed by atoms with Crippen molar-refractivity contribution in [2.24, 2.45) is 0 Å². The summed E-state index contributed by atoms with van der Waals surface area (Å²) in [5.74, 6) is 1.08. The third-order valence-electron chi connectivity index (χ3n) is 2.97. The van der Waals surface area contributed by atoms with Crippen LogP contribution in [0.3, 0.4) is 0 Å². The molecule has 1 aromatic carbocycles. The fourth-order valence-corrected chi connectivity index (χ4v) is 1.72. The fraction of sp³-hybridized carbons (Fsp3) is 0.267. The van der Waals surface area contributed by atoms with Crippen molar-refractivity contribution in [1.29, 1.82) is 0 Å². The molecule has 1 amide bonds. The molecule has 1 aromatic heterocycles. The molecular weight excluding hydrogens is 252 g/mol. The van der Waals surface area contributed by atoms with Gasteiger partial charge >= 0.3 is 0 Å². The van der Waals surface area contributed by atoms with Crippen LogP contribution in [0.5, 0.6) is 0 Å². The van der Waals surface area contributed by atoms with Crippen LogP contribution in [0.15, 0.2) is 36.4 Å². The highest BCUT2D eigenvalue weighted by molar-refractivity contribution is 5.89. The van der Waals surface area contributed by atoms with Gasteiger partial charge in [0.1, 0.15) is 5.82 Å². The number of carbonyl (C=O) groups excluding carboxylic acids is 1. The summed E-state index contributed by atoms with van der Waals surface area (Å²) in [4.78, 5) is 11.2. The third-order valence-corrected chi connectivity index (χ3v) is 2.97. The molecule has 0 saturated carbocycles. The first-order valence-electron chi connectivity index (χ1n) is 6.61. The first-order valence-corrected chi connectivity index (χ1v) is 6.61. The summed E-state index contributed by atoms with van der Waals surface area (Å²) in [6.07, 6.45) is 0.426. The van der Waals surface area contributed by atoms with Crippen molar-refractivity contribution < 1.29 is 4.79 Å². The van der Waals surface area contributed by atoms with Crippen LogP contribution in [-0.4, -0.2) is 16.1 Å². The molecule has 2 aromatic rings. The number of rotatable bonds is 5. The van der Waals surface area contributed by atoms with E-state index in [0.29, 0.717) is 24.6 Å². The molecule has 0 aliphatic rings. The molecule has 0 spiro atoms. The number of amides is 1. The zero-order chi connectivity index (χ0) is 14.4. The van der Waals surface area contributed by atoms with E-state index in [1.165, 1.54) is 11.1 Å². The number of aryl methyl sites for hydroxylation is 1. The number of benzene rings is 1. The lowest BCUT2D eigenvalue weighted by Gasteiger charge is -2.08. The summed E-state index contributed by atoms with van der Waals surface area (Å²) < 4.78 is 0. The molecule has 0 fully saturated rings. The van der Waals surface area contributed by atoms with Gasteiger partial charge in [0.05, 0.1) is 0 Å². The average Bonchev–Trinajstić information content (AvgIpc) is 2.48. The Labute approximate surface area is 118 Å². The zero-order valence-corrected chi connectivity index (χ0v) is 11.7. The van der Waals surface area contributed by atoms with Gasteiger partial charge in [0.25, 0.3) is 0 Å². The Bertz CT molecular complexity index is 581. The van der Waals surface area contributed by atoms with E-state index in [9.17, 15) is 4.79 Å². The predicted octanol–water partition coefficient (Wildman–Crippen LogP) is 2.75. The van der Waals surface area contributed by atoms with Crippen molar-refractivity contribution in [1.82, 2.24) is 10.2 Å². The molecule has 20 heavy (non-hydrogen) atoms. The standard InChI is InChI=1S/C15H18N4O/c1-3-15(20)17-14-9-8-13(18-19-14)16-10-12-7-5-4-6-11(12)2/h4-9H,3,10H2,1-2H3,(H,16,18)(H,17,19,20). The van der Waals surface area contributed by atoms with E-state index in [1.54, 1.807) is 19.1 Å². The van der Waals surface area contributed by atoms with Crippen molar-refractivity contribution in [2.45, 2.75) is 26.8 Å². The first-order chi connectivity index (χ1) is 9.69. The Balaban J connectivity index is 1.94. The van der Waals surface area contributed by atoms with Gasteiger partial charge in [-0.1, -0.05) is 31.2 Å². The molecule has 0 saturated heterocycles. The lowest BCUT2D eigenvalue weighted by atomic mass is 10.1. The molecule has 5 heteroatoms. The monoisotopic (exact) mass is 270 g/mol. The second-order valence-electron chi connectivity index (χ2n) is 4.49. The van der Waals surface area contributed by atoms with E-state index in [2.05, 4.69) is 39.9 Å². The van der Waals surface area contributed by atoms with Crippen molar-refractivity contribution in [3.63, 3.8) is 0 Å². The summed E-state index contributed by atoms with van der Waals surface area (Å²) in [7, 11) is 0. The number of hydrogen-bond acceptors (Lipinski definition) is 4. The lowest BCUT2D eigenvalue weighted by molar-refractivity contribution is -0.115. The van der Waals surface area contributed by atoms with Crippen molar-refractivity contribution in [3.8, 4) is 0 Å². The maximum atomic E-state index is 11.2. The highest BCUT2D eigenvalue weighted by Crippen LogP contribution is 2.11. The van der Waals surface area contributed by atoms with Crippen LogP contribution < -0.4 is 10.6 Å². The van der Waals surface area contributed by atoms with Gasteiger partial charge in [-0.2, -0.15) is 0 Å². The van der Waals surface area contributed by atoms with E-state index >= 15 is 0 Å². The summed E-state index contributed by atoms with van der Waals surface area (Å²) in [6, 6.07) is 11.7. The highest BCUT2D eigenvalue weighted by atomic mass is 16.1. The Kier molecular flexibility index (Phi) is 4.65. The summed E-state index contributed by atoms with van der Waals surface area (Å²) in [6.45, 7) is 4.56. The quantitative estimate of drug-likeness (QED) is 0.876. The largest absolute Gasteiger partial charge is 0.364 e. The van der Waals surface area contributed by atoms with E-state index in [1.807, 2.05) is 12.1 Å². The van der Waals surface area contributed by atoms with Gasteiger partial charge in [-0.3, -0.25) is 4.79 Å². The van der Waals surface area contributed by atoms with Gasteiger partial charge in [-0.05, 0) is 30.2 Å². The Morgan fingerprint density at radius 1 is 1.10 bits per heavy atom. The van der Waals surface area contributed by atoms with Crippen LogP contribution in [0.4, 0.5) is 11.6 Å². The van der Waals surface area contributed by atoms with Crippen molar-refractivity contribution in [3.05, 3.63) is 47.5 Å². The van der Waals surface area contributed by atoms with E-state index in [4.69, 9.17) is 0 Å². The molecule has 1 heterocycles. The maximum absolute atomic E-state index is 11.2. The van der Waals surface area contributed by atoms with E-state index in [0.717, 1.165) is 0 Å².